The molecule has 1 aliphatic rings. The number of hydrogen-bond acceptors (Lipinski definition) is 4. The predicted molar refractivity (Wildman–Crippen MR) is 130 cm³/mol. The third-order valence-electron chi connectivity index (χ3n) is 6.14. The highest BCUT2D eigenvalue weighted by atomic mass is 35.5. The molecule has 0 radical (unpaired) electrons. The summed E-state index contributed by atoms with van der Waals surface area (Å²) in [5.74, 6) is -3.80. The van der Waals surface area contributed by atoms with Crippen molar-refractivity contribution in [2.45, 2.75) is 45.3 Å². The Balaban J connectivity index is 2.00. The molecule has 3 N–H and O–H groups in total. The van der Waals surface area contributed by atoms with Gasteiger partial charge in [0.25, 0.3) is 5.91 Å². The molecule has 188 valence electrons. The lowest BCUT2D eigenvalue weighted by molar-refractivity contribution is -0.144. The van der Waals surface area contributed by atoms with Crippen LogP contribution in [0.3, 0.4) is 0 Å². The van der Waals surface area contributed by atoms with Crippen molar-refractivity contribution >= 4 is 35.0 Å². The van der Waals surface area contributed by atoms with Crippen molar-refractivity contribution in [3.63, 3.8) is 0 Å². The third kappa shape index (κ3) is 5.79. The highest BCUT2D eigenvalue weighted by Crippen LogP contribution is 2.34. The Morgan fingerprint density at radius 1 is 1.09 bits per heavy atom. The molecule has 0 unspecified atom stereocenters. The zero-order valence-electron chi connectivity index (χ0n) is 20.0. The standard InChI is InChI=1S/C25H29ClF2N4O3/c1-13(2)20(30-23(33)14(3)29-4)25(35)32-11-10-15-8-9-16(26)12-17(15)22(32)24(34)31-21-18(27)6-5-7-19(21)28/h5-9,12-14,20,22,29H,10-11H2,1-4H3,(H,30,33)(H,31,34)/t14-,20-,22-/m0/s1. The smallest absolute Gasteiger partial charge is 0.251 e. The molecule has 0 saturated heterocycles. The number of hydrogen-bond donors (Lipinski definition) is 3. The van der Waals surface area contributed by atoms with E-state index in [1.165, 1.54) is 11.0 Å². The van der Waals surface area contributed by atoms with Crippen molar-refractivity contribution in [2.75, 3.05) is 18.9 Å². The van der Waals surface area contributed by atoms with Crippen molar-refractivity contribution in [3.8, 4) is 0 Å². The van der Waals surface area contributed by atoms with Crippen LogP contribution in [0.4, 0.5) is 14.5 Å². The molecule has 0 aliphatic carbocycles. The number of amides is 3. The van der Waals surface area contributed by atoms with Crippen LogP contribution in [0.2, 0.25) is 5.02 Å². The second kappa shape index (κ2) is 11.1. The average molecular weight is 507 g/mol. The topological polar surface area (TPSA) is 90.5 Å². The SMILES string of the molecule is CN[C@@H](C)C(=O)N[C@H](C(=O)N1CCc2ccc(Cl)cc2[C@H]1C(=O)Nc1c(F)cccc1F)C(C)C. The number of nitrogens with one attached hydrogen (secondary N) is 3. The van der Waals surface area contributed by atoms with E-state index in [1.54, 1.807) is 46.0 Å². The van der Waals surface area contributed by atoms with Crippen molar-refractivity contribution in [2.24, 2.45) is 5.92 Å². The van der Waals surface area contributed by atoms with E-state index >= 15 is 0 Å². The fourth-order valence-electron chi connectivity index (χ4n) is 4.02. The molecule has 3 atom stereocenters. The lowest BCUT2D eigenvalue weighted by Crippen LogP contribution is -2.57. The molecule has 1 aliphatic heterocycles. The monoisotopic (exact) mass is 506 g/mol. The third-order valence-corrected chi connectivity index (χ3v) is 6.37. The van der Waals surface area contributed by atoms with Crippen molar-refractivity contribution in [1.82, 2.24) is 15.5 Å². The molecule has 1 heterocycles. The summed E-state index contributed by atoms with van der Waals surface area (Å²) in [6.45, 7) is 5.40. The van der Waals surface area contributed by atoms with Crippen LogP contribution < -0.4 is 16.0 Å². The Morgan fingerprint density at radius 3 is 2.34 bits per heavy atom. The Bertz CT molecular complexity index is 1110. The quantitative estimate of drug-likeness (QED) is 0.536. The van der Waals surface area contributed by atoms with E-state index in [0.29, 0.717) is 17.0 Å². The number of para-hydroxylation sites is 1. The molecule has 7 nitrogen and oxygen atoms in total. The number of carbonyl (C=O) groups is 3. The highest BCUT2D eigenvalue weighted by Gasteiger charge is 2.40. The lowest BCUT2D eigenvalue weighted by atomic mass is 9.90. The van der Waals surface area contributed by atoms with E-state index in [9.17, 15) is 23.2 Å². The van der Waals surface area contributed by atoms with Gasteiger partial charge >= 0.3 is 0 Å². The van der Waals surface area contributed by atoms with Crippen LogP contribution in [-0.2, 0) is 20.8 Å². The number of fused-ring (bicyclic) bond motifs is 1. The van der Waals surface area contributed by atoms with Gasteiger partial charge in [-0.05, 0) is 61.7 Å². The Kier molecular flexibility index (Phi) is 8.45. The zero-order valence-corrected chi connectivity index (χ0v) is 20.7. The fourth-order valence-corrected chi connectivity index (χ4v) is 4.20. The molecule has 0 spiro atoms. The largest absolute Gasteiger partial charge is 0.343 e. The van der Waals surface area contributed by atoms with Gasteiger partial charge in [-0.2, -0.15) is 0 Å². The number of likely N-dealkylation sites (N-methyl/N-ethyl adjacent to an activating group) is 1. The van der Waals surface area contributed by atoms with Crippen LogP contribution in [0.15, 0.2) is 36.4 Å². The van der Waals surface area contributed by atoms with Gasteiger partial charge in [-0.25, -0.2) is 8.78 Å². The number of benzene rings is 2. The molecule has 3 rings (SSSR count). The van der Waals surface area contributed by atoms with Gasteiger partial charge in [-0.1, -0.05) is 37.6 Å². The Morgan fingerprint density at radius 2 is 1.74 bits per heavy atom. The van der Waals surface area contributed by atoms with E-state index in [2.05, 4.69) is 16.0 Å². The predicted octanol–water partition coefficient (Wildman–Crippen LogP) is 3.43. The number of halogens is 3. The van der Waals surface area contributed by atoms with Gasteiger partial charge in [-0.15, -0.1) is 0 Å². The first-order chi connectivity index (χ1) is 16.5. The summed E-state index contributed by atoms with van der Waals surface area (Å²) in [6, 6.07) is 5.61. The van der Waals surface area contributed by atoms with Gasteiger partial charge in [0.05, 0.1) is 6.04 Å². The number of carbonyl (C=O) groups excluding carboxylic acids is 3. The molecule has 3 amide bonds. The summed E-state index contributed by atoms with van der Waals surface area (Å²) in [7, 11) is 1.63. The van der Waals surface area contributed by atoms with Crippen LogP contribution in [0.1, 0.15) is 37.9 Å². The summed E-state index contributed by atoms with van der Waals surface area (Å²) >= 11 is 6.20. The number of nitrogens with zero attached hydrogens (tertiary/aromatic N) is 1. The van der Waals surface area contributed by atoms with Crippen LogP contribution in [0.5, 0.6) is 0 Å². The maximum atomic E-state index is 14.3. The van der Waals surface area contributed by atoms with Crippen LogP contribution in [-0.4, -0.2) is 48.3 Å². The summed E-state index contributed by atoms with van der Waals surface area (Å²) < 4.78 is 28.5. The second-order valence-electron chi connectivity index (χ2n) is 8.85. The van der Waals surface area contributed by atoms with Gasteiger partial charge in [0.1, 0.15) is 29.4 Å². The molecule has 0 saturated carbocycles. The molecule has 0 aromatic heterocycles. The van der Waals surface area contributed by atoms with Gasteiger partial charge < -0.3 is 20.9 Å². The van der Waals surface area contributed by atoms with Crippen LogP contribution >= 0.6 is 11.6 Å². The van der Waals surface area contributed by atoms with E-state index < -0.39 is 47.3 Å². The molecular weight excluding hydrogens is 478 g/mol. The minimum Gasteiger partial charge on any atom is -0.343 e. The average Bonchev–Trinajstić information content (AvgIpc) is 2.82. The molecule has 2 aromatic carbocycles. The maximum absolute atomic E-state index is 14.3. The van der Waals surface area contributed by atoms with Crippen molar-refractivity contribution in [1.29, 1.82) is 0 Å². The summed E-state index contributed by atoms with van der Waals surface area (Å²) in [4.78, 5) is 41.0. The number of anilines is 1. The summed E-state index contributed by atoms with van der Waals surface area (Å²) in [5, 5.41) is 8.24. The summed E-state index contributed by atoms with van der Waals surface area (Å²) in [6.07, 6.45) is 0.446. The van der Waals surface area contributed by atoms with E-state index in [-0.39, 0.29) is 18.4 Å². The molecule has 0 bridgehead atoms. The van der Waals surface area contributed by atoms with Gasteiger partial charge in [0.2, 0.25) is 11.8 Å². The summed E-state index contributed by atoms with van der Waals surface area (Å²) in [5.41, 5.74) is 0.654. The minimum atomic E-state index is -1.20. The van der Waals surface area contributed by atoms with Crippen LogP contribution in [0.25, 0.3) is 0 Å². The number of rotatable bonds is 7. The molecule has 10 heteroatoms. The first-order valence-corrected chi connectivity index (χ1v) is 11.7. The molecule has 2 aromatic rings. The van der Waals surface area contributed by atoms with Gasteiger partial charge in [0.15, 0.2) is 0 Å². The normalized spacial score (nSPS) is 16.9. The van der Waals surface area contributed by atoms with Crippen LogP contribution in [0, 0.1) is 17.6 Å². The minimum absolute atomic E-state index is 0.173. The molecule has 35 heavy (non-hydrogen) atoms. The highest BCUT2D eigenvalue weighted by molar-refractivity contribution is 6.30. The van der Waals surface area contributed by atoms with E-state index in [0.717, 1.165) is 17.7 Å². The molecule has 0 fully saturated rings. The van der Waals surface area contributed by atoms with Gasteiger partial charge in [0, 0.05) is 11.6 Å². The van der Waals surface area contributed by atoms with Gasteiger partial charge in [-0.3, -0.25) is 14.4 Å². The van der Waals surface area contributed by atoms with E-state index in [4.69, 9.17) is 11.6 Å². The zero-order chi connectivity index (χ0) is 25.9. The Labute approximate surface area is 208 Å². The molecular formula is C25H29ClF2N4O3. The van der Waals surface area contributed by atoms with Crippen molar-refractivity contribution < 1.29 is 23.2 Å². The lowest BCUT2D eigenvalue weighted by Gasteiger charge is -2.39. The maximum Gasteiger partial charge on any atom is 0.251 e. The fraction of sp³-hybridized carbons (Fsp3) is 0.400. The first-order valence-electron chi connectivity index (χ1n) is 11.4. The first kappa shape index (κ1) is 26.6. The van der Waals surface area contributed by atoms with Crippen molar-refractivity contribution in [3.05, 3.63) is 64.2 Å². The second-order valence-corrected chi connectivity index (χ2v) is 9.29. The Hall–Kier alpha value is -3.04. The van der Waals surface area contributed by atoms with E-state index in [1.807, 2.05) is 0 Å².